The summed E-state index contributed by atoms with van der Waals surface area (Å²) in [6.07, 6.45) is 1.46. The Balaban J connectivity index is 2.00. The summed E-state index contributed by atoms with van der Waals surface area (Å²) < 4.78 is 18.7. The fourth-order valence-corrected chi connectivity index (χ4v) is 2.71. The highest BCUT2D eigenvalue weighted by atomic mass is 32.2. The van der Waals surface area contributed by atoms with Gasteiger partial charge in [0, 0.05) is 11.6 Å². The first kappa shape index (κ1) is 15.6. The molecule has 0 aromatic heterocycles. The SMILES string of the molecule is O=C(O)CSCC(=O)NC1CCCOc2cc(F)ccc21. The Labute approximate surface area is 125 Å². The van der Waals surface area contributed by atoms with Gasteiger partial charge in [-0.15, -0.1) is 11.8 Å². The van der Waals surface area contributed by atoms with Crippen molar-refractivity contribution in [2.45, 2.75) is 18.9 Å². The van der Waals surface area contributed by atoms with Crippen LogP contribution in [0.2, 0.25) is 0 Å². The van der Waals surface area contributed by atoms with Gasteiger partial charge in [-0.25, -0.2) is 4.39 Å². The number of ether oxygens (including phenoxy) is 1. The van der Waals surface area contributed by atoms with E-state index in [0.717, 1.165) is 23.7 Å². The highest BCUT2D eigenvalue weighted by Gasteiger charge is 2.22. The number of benzene rings is 1. The van der Waals surface area contributed by atoms with Crippen molar-refractivity contribution < 1.29 is 23.8 Å². The first-order valence-corrected chi connectivity index (χ1v) is 7.73. The second-order valence-corrected chi connectivity index (χ2v) is 5.67. The summed E-state index contributed by atoms with van der Waals surface area (Å²) in [5, 5.41) is 11.4. The van der Waals surface area contributed by atoms with Crippen molar-refractivity contribution in [3.05, 3.63) is 29.6 Å². The van der Waals surface area contributed by atoms with E-state index in [4.69, 9.17) is 9.84 Å². The molecule has 5 nitrogen and oxygen atoms in total. The van der Waals surface area contributed by atoms with Crippen LogP contribution in [0.3, 0.4) is 0 Å². The maximum absolute atomic E-state index is 13.2. The van der Waals surface area contributed by atoms with Crippen LogP contribution >= 0.6 is 11.8 Å². The van der Waals surface area contributed by atoms with Gasteiger partial charge in [-0.1, -0.05) is 6.07 Å². The van der Waals surface area contributed by atoms with Crippen LogP contribution in [0, 0.1) is 5.82 Å². The largest absolute Gasteiger partial charge is 0.493 e. The Morgan fingerprint density at radius 2 is 2.24 bits per heavy atom. The van der Waals surface area contributed by atoms with E-state index in [9.17, 15) is 14.0 Å². The first-order valence-electron chi connectivity index (χ1n) is 6.57. The number of halogens is 1. The molecule has 0 spiro atoms. The van der Waals surface area contributed by atoms with Gasteiger partial charge in [0.1, 0.15) is 11.6 Å². The number of carbonyl (C=O) groups is 2. The number of carboxylic acid groups (broad SMARTS) is 1. The van der Waals surface area contributed by atoms with Gasteiger partial charge in [0.25, 0.3) is 0 Å². The number of hydrogen-bond donors (Lipinski definition) is 2. The van der Waals surface area contributed by atoms with Gasteiger partial charge in [0.15, 0.2) is 0 Å². The number of thioether (sulfide) groups is 1. The Morgan fingerprint density at radius 1 is 1.43 bits per heavy atom. The molecule has 0 bridgehead atoms. The topological polar surface area (TPSA) is 75.6 Å². The molecule has 114 valence electrons. The van der Waals surface area contributed by atoms with Crippen LogP contribution in [0.4, 0.5) is 4.39 Å². The molecule has 0 saturated heterocycles. The smallest absolute Gasteiger partial charge is 0.313 e. The molecule has 7 heteroatoms. The zero-order valence-electron chi connectivity index (χ0n) is 11.3. The molecule has 1 aliphatic rings. The Hall–Kier alpha value is -1.76. The first-order chi connectivity index (χ1) is 10.1. The summed E-state index contributed by atoms with van der Waals surface area (Å²) in [6.45, 7) is 0.483. The number of hydrogen-bond acceptors (Lipinski definition) is 4. The lowest BCUT2D eigenvalue weighted by atomic mass is 10.0. The molecule has 1 amide bonds. The van der Waals surface area contributed by atoms with Crippen molar-refractivity contribution in [1.82, 2.24) is 5.32 Å². The molecule has 1 aromatic rings. The molecule has 2 rings (SSSR count). The molecule has 1 aliphatic heterocycles. The molecule has 0 fully saturated rings. The van der Waals surface area contributed by atoms with E-state index in [2.05, 4.69) is 5.32 Å². The lowest BCUT2D eigenvalue weighted by Gasteiger charge is -2.18. The number of nitrogens with one attached hydrogen (secondary N) is 1. The minimum Gasteiger partial charge on any atom is -0.493 e. The third-order valence-electron chi connectivity index (χ3n) is 3.04. The van der Waals surface area contributed by atoms with Crippen LogP contribution in [0.5, 0.6) is 5.75 Å². The van der Waals surface area contributed by atoms with Gasteiger partial charge >= 0.3 is 5.97 Å². The summed E-state index contributed by atoms with van der Waals surface area (Å²) >= 11 is 1.04. The molecule has 0 aliphatic carbocycles. The minimum absolute atomic E-state index is 0.0835. The minimum atomic E-state index is -0.948. The van der Waals surface area contributed by atoms with E-state index < -0.39 is 5.97 Å². The second kappa shape index (κ2) is 7.31. The Kier molecular flexibility index (Phi) is 5.44. The lowest BCUT2D eigenvalue weighted by molar-refractivity contribution is -0.133. The molecule has 0 radical (unpaired) electrons. The molecular weight excluding hydrogens is 297 g/mol. The lowest BCUT2D eigenvalue weighted by Crippen LogP contribution is -2.30. The summed E-state index contributed by atoms with van der Waals surface area (Å²) in [4.78, 5) is 22.2. The van der Waals surface area contributed by atoms with Gasteiger partial charge in [0.05, 0.1) is 24.2 Å². The number of aliphatic carboxylic acids is 1. The highest BCUT2D eigenvalue weighted by molar-refractivity contribution is 8.00. The van der Waals surface area contributed by atoms with Crippen molar-refractivity contribution >= 4 is 23.6 Å². The maximum atomic E-state index is 13.2. The van der Waals surface area contributed by atoms with Gasteiger partial charge in [-0.2, -0.15) is 0 Å². The molecule has 2 N–H and O–H groups in total. The van der Waals surface area contributed by atoms with E-state index >= 15 is 0 Å². The van der Waals surface area contributed by atoms with Gasteiger partial charge in [-0.05, 0) is 18.9 Å². The van der Waals surface area contributed by atoms with Gasteiger partial charge < -0.3 is 15.2 Å². The Morgan fingerprint density at radius 3 is 3.00 bits per heavy atom. The van der Waals surface area contributed by atoms with E-state index in [1.807, 2.05) is 0 Å². The molecule has 1 unspecified atom stereocenters. The molecule has 1 atom stereocenters. The monoisotopic (exact) mass is 313 g/mol. The predicted molar refractivity (Wildman–Crippen MR) is 77.0 cm³/mol. The van der Waals surface area contributed by atoms with E-state index in [-0.39, 0.29) is 29.3 Å². The van der Waals surface area contributed by atoms with E-state index in [0.29, 0.717) is 18.8 Å². The zero-order valence-corrected chi connectivity index (χ0v) is 12.1. The number of amides is 1. The number of rotatable bonds is 5. The van der Waals surface area contributed by atoms with Crippen molar-refractivity contribution in [3.63, 3.8) is 0 Å². The van der Waals surface area contributed by atoms with Crippen molar-refractivity contribution in [1.29, 1.82) is 0 Å². The summed E-state index contributed by atoms with van der Waals surface area (Å²) in [5.41, 5.74) is 0.755. The molecule has 21 heavy (non-hydrogen) atoms. The van der Waals surface area contributed by atoms with Crippen LogP contribution in [-0.4, -0.2) is 35.1 Å². The average molecular weight is 313 g/mol. The summed E-state index contributed by atoms with van der Waals surface area (Å²) in [6, 6.07) is 4.04. The van der Waals surface area contributed by atoms with Crippen LogP contribution < -0.4 is 10.1 Å². The van der Waals surface area contributed by atoms with Crippen molar-refractivity contribution in [2.24, 2.45) is 0 Å². The third kappa shape index (κ3) is 4.63. The van der Waals surface area contributed by atoms with Crippen molar-refractivity contribution in [3.8, 4) is 5.75 Å². The number of carbonyl (C=O) groups excluding carboxylic acids is 1. The molecule has 1 heterocycles. The van der Waals surface area contributed by atoms with Crippen LogP contribution in [0.15, 0.2) is 18.2 Å². The van der Waals surface area contributed by atoms with E-state index in [1.54, 1.807) is 6.07 Å². The van der Waals surface area contributed by atoms with Crippen LogP contribution in [-0.2, 0) is 9.59 Å². The van der Waals surface area contributed by atoms with Crippen LogP contribution in [0.25, 0.3) is 0 Å². The number of carboxylic acids is 1. The van der Waals surface area contributed by atoms with Gasteiger partial charge in [0.2, 0.25) is 5.91 Å². The molecule has 0 saturated carbocycles. The number of fused-ring (bicyclic) bond motifs is 1. The normalized spacial score (nSPS) is 17.3. The van der Waals surface area contributed by atoms with Crippen LogP contribution in [0.1, 0.15) is 24.4 Å². The quantitative estimate of drug-likeness (QED) is 0.869. The Bertz CT molecular complexity index is 538. The second-order valence-electron chi connectivity index (χ2n) is 4.68. The zero-order chi connectivity index (χ0) is 15.2. The predicted octanol–water partition coefficient (Wildman–Crippen LogP) is 1.97. The fourth-order valence-electron chi connectivity index (χ4n) is 2.16. The molecule has 1 aromatic carbocycles. The maximum Gasteiger partial charge on any atom is 0.313 e. The highest BCUT2D eigenvalue weighted by Crippen LogP contribution is 2.32. The molecular formula is C14H16FNO4S. The van der Waals surface area contributed by atoms with E-state index in [1.165, 1.54) is 12.1 Å². The summed E-state index contributed by atoms with van der Waals surface area (Å²) in [5.74, 6) is -1.13. The van der Waals surface area contributed by atoms with Crippen molar-refractivity contribution in [2.75, 3.05) is 18.1 Å². The standard InChI is InChI=1S/C14H16FNO4S/c15-9-3-4-10-11(2-1-5-20-12(10)6-9)16-13(17)7-21-8-14(18)19/h3-4,6,11H,1-2,5,7-8H2,(H,16,17)(H,18,19). The average Bonchev–Trinajstić information content (AvgIpc) is 2.60. The fraction of sp³-hybridized carbons (Fsp3) is 0.429. The summed E-state index contributed by atoms with van der Waals surface area (Å²) in [7, 11) is 0. The van der Waals surface area contributed by atoms with Gasteiger partial charge in [-0.3, -0.25) is 9.59 Å². The third-order valence-corrected chi connectivity index (χ3v) is 3.96.